The molecule has 0 radical (unpaired) electrons. The summed E-state index contributed by atoms with van der Waals surface area (Å²) in [6.07, 6.45) is 0.219. The van der Waals surface area contributed by atoms with Crippen molar-refractivity contribution in [3.05, 3.63) is 35.1 Å². The van der Waals surface area contributed by atoms with Crippen molar-refractivity contribution in [2.75, 3.05) is 13.7 Å². The van der Waals surface area contributed by atoms with Crippen molar-refractivity contribution in [1.82, 2.24) is 5.32 Å². The van der Waals surface area contributed by atoms with Crippen molar-refractivity contribution in [3.63, 3.8) is 0 Å². The van der Waals surface area contributed by atoms with Gasteiger partial charge in [-0.15, -0.1) is 0 Å². The second kappa shape index (κ2) is 5.34. The van der Waals surface area contributed by atoms with Gasteiger partial charge in [-0.05, 0) is 36.6 Å². The fourth-order valence-electron chi connectivity index (χ4n) is 1.31. The SMILES string of the molecule is COC(=O)NCCc1ccc(F)cc1C. The molecule has 0 bridgehead atoms. The second-order valence-electron chi connectivity index (χ2n) is 3.24. The number of rotatable bonds is 3. The van der Waals surface area contributed by atoms with Crippen LogP contribution >= 0.6 is 0 Å². The highest BCUT2D eigenvalue weighted by molar-refractivity contribution is 5.66. The van der Waals surface area contributed by atoms with Gasteiger partial charge in [-0.2, -0.15) is 0 Å². The van der Waals surface area contributed by atoms with Crippen LogP contribution in [0.4, 0.5) is 9.18 Å². The molecule has 0 spiro atoms. The molecular formula is C11H14FNO2. The zero-order valence-electron chi connectivity index (χ0n) is 8.84. The summed E-state index contributed by atoms with van der Waals surface area (Å²) in [5.41, 5.74) is 1.91. The molecule has 0 saturated carbocycles. The van der Waals surface area contributed by atoms with E-state index in [-0.39, 0.29) is 5.82 Å². The van der Waals surface area contributed by atoms with Crippen molar-refractivity contribution < 1.29 is 13.9 Å². The maximum absolute atomic E-state index is 12.8. The zero-order chi connectivity index (χ0) is 11.3. The average Bonchev–Trinajstić information content (AvgIpc) is 2.21. The number of carbonyl (C=O) groups excluding carboxylic acids is 1. The number of hydrogen-bond donors (Lipinski definition) is 1. The highest BCUT2D eigenvalue weighted by Gasteiger charge is 2.01. The Morgan fingerprint density at radius 1 is 1.53 bits per heavy atom. The van der Waals surface area contributed by atoms with Crippen LogP contribution < -0.4 is 5.32 Å². The van der Waals surface area contributed by atoms with E-state index in [2.05, 4.69) is 10.1 Å². The van der Waals surface area contributed by atoms with E-state index < -0.39 is 6.09 Å². The van der Waals surface area contributed by atoms with E-state index in [1.165, 1.54) is 19.2 Å². The first-order valence-electron chi connectivity index (χ1n) is 4.70. The lowest BCUT2D eigenvalue weighted by molar-refractivity contribution is 0.171. The van der Waals surface area contributed by atoms with Crippen LogP contribution in [-0.4, -0.2) is 19.7 Å². The summed E-state index contributed by atoms with van der Waals surface area (Å²) in [7, 11) is 1.32. The number of amides is 1. The number of halogens is 1. The van der Waals surface area contributed by atoms with Crippen LogP contribution in [0.3, 0.4) is 0 Å². The van der Waals surface area contributed by atoms with Gasteiger partial charge in [0.1, 0.15) is 5.82 Å². The number of ether oxygens (including phenoxy) is 1. The van der Waals surface area contributed by atoms with Gasteiger partial charge in [0.25, 0.3) is 0 Å². The minimum atomic E-state index is -0.449. The molecule has 1 N–H and O–H groups in total. The van der Waals surface area contributed by atoms with Crippen molar-refractivity contribution >= 4 is 6.09 Å². The van der Waals surface area contributed by atoms with Gasteiger partial charge in [-0.3, -0.25) is 0 Å². The number of methoxy groups -OCH3 is 1. The predicted molar refractivity (Wildman–Crippen MR) is 55.2 cm³/mol. The van der Waals surface area contributed by atoms with Crippen molar-refractivity contribution in [1.29, 1.82) is 0 Å². The van der Waals surface area contributed by atoms with E-state index in [1.807, 2.05) is 6.92 Å². The third-order valence-electron chi connectivity index (χ3n) is 2.15. The monoisotopic (exact) mass is 211 g/mol. The van der Waals surface area contributed by atoms with E-state index in [4.69, 9.17) is 0 Å². The van der Waals surface area contributed by atoms with E-state index in [0.29, 0.717) is 13.0 Å². The first-order valence-corrected chi connectivity index (χ1v) is 4.70. The zero-order valence-corrected chi connectivity index (χ0v) is 8.84. The number of benzene rings is 1. The molecule has 0 aliphatic carbocycles. The standard InChI is InChI=1S/C11H14FNO2/c1-8-7-10(12)4-3-9(8)5-6-13-11(14)15-2/h3-4,7H,5-6H2,1-2H3,(H,13,14). The van der Waals surface area contributed by atoms with Crippen molar-refractivity contribution in [2.45, 2.75) is 13.3 Å². The molecule has 0 saturated heterocycles. The fourth-order valence-corrected chi connectivity index (χ4v) is 1.31. The number of nitrogens with one attached hydrogen (secondary N) is 1. The summed E-state index contributed by atoms with van der Waals surface area (Å²) < 4.78 is 17.2. The van der Waals surface area contributed by atoms with E-state index in [9.17, 15) is 9.18 Å². The Hall–Kier alpha value is -1.58. The predicted octanol–water partition coefficient (Wildman–Crippen LogP) is 2.03. The Labute approximate surface area is 88.2 Å². The highest BCUT2D eigenvalue weighted by atomic mass is 19.1. The summed E-state index contributed by atoms with van der Waals surface area (Å²) in [5.74, 6) is -0.239. The number of alkyl carbamates (subject to hydrolysis) is 1. The van der Waals surface area contributed by atoms with Crippen LogP contribution in [0, 0.1) is 12.7 Å². The molecule has 4 heteroatoms. The minimum Gasteiger partial charge on any atom is -0.453 e. The minimum absolute atomic E-state index is 0.239. The average molecular weight is 211 g/mol. The highest BCUT2D eigenvalue weighted by Crippen LogP contribution is 2.10. The number of aryl methyl sites for hydroxylation is 1. The number of carbonyl (C=O) groups is 1. The molecule has 0 fully saturated rings. The smallest absolute Gasteiger partial charge is 0.406 e. The molecule has 0 aliphatic heterocycles. The van der Waals surface area contributed by atoms with Gasteiger partial charge >= 0.3 is 6.09 Å². The second-order valence-corrected chi connectivity index (χ2v) is 3.24. The van der Waals surface area contributed by atoms with Crippen molar-refractivity contribution in [2.24, 2.45) is 0 Å². The van der Waals surface area contributed by atoms with Crippen LogP contribution in [0.1, 0.15) is 11.1 Å². The van der Waals surface area contributed by atoms with Crippen LogP contribution in [0.15, 0.2) is 18.2 Å². The summed E-state index contributed by atoms with van der Waals surface area (Å²) >= 11 is 0. The van der Waals surface area contributed by atoms with Crippen molar-refractivity contribution in [3.8, 4) is 0 Å². The third-order valence-corrected chi connectivity index (χ3v) is 2.15. The first kappa shape index (κ1) is 11.5. The molecule has 1 aromatic rings. The van der Waals surface area contributed by atoms with E-state index >= 15 is 0 Å². The van der Waals surface area contributed by atoms with Crippen LogP contribution in [0.2, 0.25) is 0 Å². The third kappa shape index (κ3) is 3.58. The van der Waals surface area contributed by atoms with Gasteiger partial charge in [0, 0.05) is 6.54 Å². The van der Waals surface area contributed by atoms with E-state index in [1.54, 1.807) is 6.07 Å². The Bertz CT molecular complexity index is 352. The Morgan fingerprint density at radius 3 is 2.87 bits per heavy atom. The Balaban J connectivity index is 2.47. The van der Waals surface area contributed by atoms with Gasteiger partial charge < -0.3 is 10.1 Å². The first-order chi connectivity index (χ1) is 7.13. The molecule has 0 atom stereocenters. The topological polar surface area (TPSA) is 38.3 Å². The molecule has 1 aromatic carbocycles. The lowest BCUT2D eigenvalue weighted by Crippen LogP contribution is -2.25. The Morgan fingerprint density at radius 2 is 2.27 bits per heavy atom. The molecule has 1 amide bonds. The van der Waals surface area contributed by atoms with Crippen LogP contribution in [-0.2, 0) is 11.2 Å². The normalized spacial score (nSPS) is 9.80. The quantitative estimate of drug-likeness (QED) is 0.830. The maximum atomic E-state index is 12.8. The lowest BCUT2D eigenvalue weighted by Gasteiger charge is -2.06. The molecular weight excluding hydrogens is 197 g/mol. The largest absolute Gasteiger partial charge is 0.453 e. The molecule has 82 valence electrons. The van der Waals surface area contributed by atoms with E-state index in [0.717, 1.165) is 11.1 Å². The Kier molecular flexibility index (Phi) is 4.09. The molecule has 3 nitrogen and oxygen atoms in total. The van der Waals surface area contributed by atoms with Gasteiger partial charge in [-0.1, -0.05) is 6.07 Å². The van der Waals surface area contributed by atoms with Crippen LogP contribution in [0.25, 0.3) is 0 Å². The van der Waals surface area contributed by atoms with Gasteiger partial charge in [0.2, 0.25) is 0 Å². The summed E-state index contributed by atoms with van der Waals surface area (Å²) in [4.78, 5) is 10.7. The van der Waals surface area contributed by atoms with Gasteiger partial charge in [0.15, 0.2) is 0 Å². The molecule has 0 aromatic heterocycles. The lowest BCUT2D eigenvalue weighted by atomic mass is 10.1. The molecule has 0 heterocycles. The molecule has 15 heavy (non-hydrogen) atoms. The summed E-state index contributed by atoms with van der Waals surface area (Å²) in [6, 6.07) is 4.62. The summed E-state index contributed by atoms with van der Waals surface area (Å²) in [6.45, 7) is 2.33. The summed E-state index contributed by atoms with van der Waals surface area (Å²) in [5, 5.41) is 2.57. The molecule has 0 unspecified atom stereocenters. The number of hydrogen-bond acceptors (Lipinski definition) is 2. The fraction of sp³-hybridized carbons (Fsp3) is 0.364. The van der Waals surface area contributed by atoms with Crippen LogP contribution in [0.5, 0.6) is 0 Å². The van der Waals surface area contributed by atoms with Gasteiger partial charge in [0.05, 0.1) is 7.11 Å². The van der Waals surface area contributed by atoms with Gasteiger partial charge in [-0.25, -0.2) is 9.18 Å². The molecule has 1 rings (SSSR count). The molecule has 0 aliphatic rings. The maximum Gasteiger partial charge on any atom is 0.406 e.